The number of halogens is 6. The fourth-order valence-electron chi connectivity index (χ4n) is 4.33. The number of nitrogens with zero attached hydrogens (tertiary/aromatic N) is 4. The normalized spacial score (nSPS) is 15.3. The van der Waals surface area contributed by atoms with Gasteiger partial charge in [-0.05, 0) is 29.8 Å². The van der Waals surface area contributed by atoms with Gasteiger partial charge in [-0.2, -0.15) is 26.3 Å². The van der Waals surface area contributed by atoms with Crippen LogP contribution < -0.4 is 10.6 Å². The first kappa shape index (κ1) is 31.0. The number of benzene rings is 1. The number of esters is 2. The molecule has 4 heterocycles. The van der Waals surface area contributed by atoms with Crippen LogP contribution in [0.25, 0.3) is 0 Å². The Hall–Kier alpha value is -5.42. The van der Waals surface area contributed by atoms with E-state index in [-0.39, 0.29) is 29.4 Å². The second kappa shape index (κ2) is 11.9. The molecule has 0 aliphatic carbocycles. The van der Waals surface area contributed by atoms with Gasteiger partial charge >= 0.3 is 36.4 Å². The van der Waals surface area contributed by atoms with E-state index in [0.29, 0.717) is 22.6 Å². The summed E-state index contributed by atoms with van der Waals surface area (Å²) in [5, 5.41) is 4.56. The molecule has 2 aliphatic rings. The maximum Gasteiger partial charge on any atom is 0.433 e. The molecule has 5 rings (SSSR count). The van der Waals surface area contributed by atoms with Crippen molar-refractivity contribution in [3.8, 4) is 0 Å². The smallest absolute Gasteiger partial charge is 0.433 e. The molecule has 1 aromatic carbocycles. The van der Waals surface area contributed by atoms with E-state index >= 15 is 0 Å². The number of urea groups is 2. The molecule has 0 saturated carbocycles. The Kier molecular flexibility index (Phi) is 8.22. The Morgan fingerprint density at radius 3 is 1.93 bits per heavy atom. The molecule has 0 saturated heterocycles. The number of hydrogen-bond acceptors (Lipinski definition) is 8. The first-order valence-electron chi connectivity index (χ1n) is 12.9. The van der Waals surface area contributed by atoms with E-state index in [1.807, 2.05) is 0 Å². The summed E-state index contributed by atoms with van der Waals surface area (Å²) in [7, 11) is 0. The molecule has 3 aromatic rings. The van der Waals surface area contributed by atoms with E-state index in [1.165, 1.54) is 0 Å². The maximum atomic E-state index is 13.3. The number of hydrogen-bond donors (Lipinski definition) is 2. The second-order valence-electron chi connectivity index (χ2n) is 9.66. The van der Waals surface area contributed by atoms with E-state index in [4.69, 9.17) is 9.47 Å². The summed E-state index contributed by atoms with van der Waals surface area (Å²) in [6, 6.07) is 9.53. The number of aromatic nitrogens is 2. The minimum Gasteiger partial charge on any atom is -0.457 e. The number of pyridine rings is 2. The topological polar surface area (TPSA) is 143 Å². The van der Waals surface area contributed by atoms with Gasteiger partial charge in [0, 0.05) is 0 Å². The van der Waals surface area contributed by atoms with E-state index in [9.17, 15) is 45.5 Å². The summed E-state index contributed by atoms with van der Waals surface area (Å²) in [5.41, 5.74) is -2.63. The number of fused-ring (bicyclic) bond motifs is 2. The van der Waals surface area contributed by atoms with Gasteiger partial charge in [-0.25, -0.2) is 24.4 Å². The van der Waals surface area contributed by atoms with Crippen LogP contribution in [0.15, 0.2) is 54.6 Å². The van der Waals surface area contributed by atoms with E-state index in [0.717, 1.165) is 17.0 Å². The van der Waals surface area contributed by atoms with E-state index in [1.54, 1.807) is 30.3 Å². The number of anilines is 2. The van der Waals surface area contributed by atoms with Crippen LogP contribution in [-0.4, -0.2) is 56.5 Å². The van der Waals surface area contributed by atoms with Crippen molar-refractivity contribution in [3.05, 3.63) is 82.9 Å². The highest BCUT2D eigenvalue weighted by molar-refractivity contribution is 5.96. The number of carbonyl (C=O) groups excluding carboxylic acids is 4. The first-order chi connectivity index (χ1) is 21.2. The summed E-state index contributed by atoms with van der Waals surface area (Å²) in [6.45, 7) is -2.53. The third kappa shape index (κ3) is 7.05. The molecule has 0 spiro atoms. The molecule has 2 N–H and O–H groups in total. The quantitative estimate of drug-likeness (QED) is 0.284. The minimum absolute atomic E-state index is 0.0191. The third-order valence-electron chi connectivity index (χ3n) is 6.49. The largest absolute Gasteiger partial charge is 0.457 e. The summed E-state index contributed by atoms with van der Waals surface area (Å²) in [5.74, 6) is -2.60. The predicted molar refractivity (Wildman–Crippen MR) is 139 cm³/mol. The summed E-state index contributed by atoms with van der Waals surface area (Å²) < 4.78 is 89.7. The van der Waals surface area contributed by atoms with Crippen LogP contribution >= 0.6 is 0 Å². The van der Waals surface area contributed by atoms with Crippen LogP contribution in [-0.2, 0) is 51.1 Å². The summed E-state index contributed by atoms with van der Waals surface area (Å²) >= 11 is 0. The highest BCUT2D eigenvalue weighted by Crippen LogP contribution is 2.33. The van der Waals surface area contributed by atoms with Gasteiger partial charge in [0.2, 0.25) is 0 Å². The van der Waals surface area contributed by atoms with Crippen molar-refractivity contribution in [1.82, 2.24) is 19.8 Å². The van der Waals surface area contributed by atoms with Gasteiger partial charge in [-0.3, -0.25) is 9.69 Å². The Labute approximate surface area is 248 Å². The Balaban J connectivity index is 1.36. The fraction of sp³-hybridized carbons (Fsp3) is 0.259. The van der Waals surface area contributed by atoms with Gasteiger partial charge in [-0.15, -0.1) is 0 Å². The molecule has 45 heavy (non-hydrogen) atoms. The van der Waals surface area contributed by atoms with Gasteiger partial charge in [0.05, 0.1) is 35.9 Å². The molecular weight excluding hydrogens is 618 g/mol. The number of nitrogens with one attached hydrogen (secondary N) is 2. The van der Waals surface area contributed by atoms with Gasteiger partial charge in [0.25, 0.3) is 6.23 Å². The number of rotatable bonds is 7. The molecule has 236 valence electrons. The van der Waals surface area contributed by atoms with Crippen molar-refractivity contribution in [2.24, 2.45) is 0 Å². The van der Waals surface area contributed by atoms with E-state index in [2.05, 4.69) is 20.6 Å². The maximum absolute atomic E-state index is 13.3. The molecule has 18 heteroatoms. The standard InChI is InChI=1S/C27H20F6N6O6/c28-26(29,30)19-8-6-15-17(34-19)10-38(24(42)36-15)12-21(40)45-22(23(41)44-13-14-4-2-1-3-5-14)39-11-18-16(37-25(39)43)7-9-20(35-18)27(31,32)33/h1-9,22H,10-13H2,(H,36,42)(H,37,43). The summed E-state index contributed by atoms with van der Waals surface area (Å²) in [6.07, 6.45) is -11.8. The van der Waals surface area contributed by atoms with Crippen molar-refractivity contribution in [2.75, 3.05) is 17.2 Å². The Morgan fingerprint density at radius 1 is 0.800 bits per heavy atom. The highest BCUT2D eigenvalue weighted by Gasteiger charge is 2.41. The molecule has 1 unspecified atom stereocenters. The first-order valence-corrected chi connectivity index (χ1v) is 12.9. The van der Waals surface area contributed by atoms with Gasteiger partial charge < -0.3 is 25.0 Å². The van der Waals surface area contributed by atoms with Crippen molar-refractivity contribution >= 4 is 35.4 Å². The van der Waals surface area contributed by atoms with Crippen molar-refractivity contribution in [3.63, 3.8) is 0 Å². The number of ether oxygens (including phenoxy) is 2. The van der Waals surface area contributed by atoms with Crippen LogP contribution in [0.5, 0.6) is 0 Å². The van der Waals surface area contributed by atoms with Gasteiger partial charge in [0.15, 0.2) is 0 Å². The predicted octanol–water partition coefficient (Wildman–Crippen LogP) is 4.52. The lowest BCUT2D eigenvalue weighted by molar-refractivity contribution is -0.179. The third-order valence-corrected chi connectivity index (χ3v) is 6.49. The van der Waals surface area contributed by atoms with Crippen molar-refractivity contribution < 1.29 is 55.0 Å². The zero-order valence-electron chi connectivity index (χ0n) is 22.6. The lowest BCUT2D eigenvalue weighted by Gasteiger charge is -2.34. The lowest BCUT2D eigenvalue weighted by atomic mass is 10.2. The monoisotopic (exact) mass is 638 g/mol. The van der Waals surface area contributed by atoms with Crippen LogP contribution in [0.2, 0.25) is 0 Å². The average molecular weight is 638 g/mol. The molecule has 12 nitrogen and oxygen atoms in total. The number of amides is 4. The highest BCUT2D eigenvalue weighted by atomic mass is 19.4. The second-order valence-corrected chi connectivity index (χ2v) is 9.66. The molecule has 4 amide bonds. The zero-order valence-corrected chi connectivity index (χ0v) is 22.6. The molecule has 0 radical (unpaired) electrons. The minimum atomic E-state index is -4.83. The Bertz CT molecular complexity index is 1650. The van der Waals surface area contributed by atoms with Crippen molar-refractivity contribution in [2.45, 2.75) is 38.3 Å². The van der Waals surface area contributed by atoms with Crippen molar-refractivity contribution in [1.29, 1.82) is 0 Å². The molecule has 2 aliphatic heterocycles. The van der Waals surface area contributed by atoms with Gasteiger partial charge in [0.1, 0.15) is 24.5 Å². The summed E-state index contributed by atoms with van der Waals surface area (Å²) in [4.78, 5) is 59.9. The number of alkyl halides is 6. The Morgan fingerprint density at radius 2 is 1.36 bits per heavy atom. The molecular formula is C27H20F6N6O6. The number of carbonyl (C=O) groups is 4. The molecule has 1 atom stereocenters. The average Bonchev–Trinajstić information content (AvgIpc) is 2.98. The van der Waals surface area contributed by atoms with Crippen LogP contribution in [0.4, 0.5) is 47.3 Å². The molecule has 0 bridgehead atoms. The SMILES string of the molecule is O=C(CN1Cc2nc(C(F)(F)F)ccc2NC1=O)OC(C(=O)OCc1ccccc1)N1Cc2nc(C(F)(F)F)ccc2NC1=O. The van der Waals surface area contributed by atoms with Gasteiger partial charge in [-0.1, -0.05) is 30.3 Å². The molecule has 0 fully saturated rings. The zero-order chi connectivity index (χ0) is 32.5. The fourth-order valence-corrected chi connectivity index (χ4v) is 4.33. The lowest BCUT2D eigenvalue weighted by Crippen LogP contribution is -2.53. The van der Waals surface area contributed by atoms with Crippen LogP contribution in [0, 0.1) is 0 Å². The van der Waals surface area contributed by atoms with E-state index < -0.39 is 73.6 Å². The van der Waals surface area contributed by atoms with Crippen LogP contribution in [0.3, 0.4) is 0 Å². The molecule has 2 aromatic heterocycles. The van der Waals surface area contributed by atoms with Crippen LogP contribution in [0.1, 0.15) is 28.3 Å².